The van der Waals surface area contributed by atoms with Gasteiger partial charge < -0.3 is 103 Å². The van der Waals surface area contributed by atoms with Crippen molar-refractivity contribution in [2.75, 3.05) is 14.1 Å². The number of aliphatic hydroxyl groups excluding tert-OH is 10. The number of carbonyl (C=O) groups is 2. The van der Waals surface area contributed by atoms with Crippen molar-refractivity contribution in [2.45, 2.75) is 254 Å². The average molecular weight is 974 g/mol. The molecule has 24 unspecified atom stereocenters. The van der Waals surface area contributed by atoms with Crippen LogP contribution in [0.2, 0.25) is 0 Å². The predicted molar refractivity (Wildman–Crippen MR) is 229 cm³/mol. The van der Waals surface area contributed by atoms with E-state index in [2.05, 4.69) is 0 Å². The number of aliphatic hydroxyl groups is 10. The molecule has 0 bridgehead atoms. The van der Waals surface area contributed by atoms with Crippen molar-refractivity contribution in [1.82, 2.24) is 4.90 Å². The summed E-state index contributed by atoms with van der Waals surface area (Å²) in [6, 6.07) is -0.0104. The Kier molecular flexibility index (Phi) is 23.2. The molecule has 23 nitrogen and oxygen atoms in total. The lowest BCUT2D eigenvalue weighted by Crippen LogP contribution is -2.61. The predicted octanol–water partition coefficient (Wildman–Crippen LogP) is -1.97. The van der Waals surface area contributed by atoms with Gasteiger partial charge in [-0.3, -0.25) is 9.59 Å². The fraction of sp³-hybridized carbons (Fsp3) is 0.955. The highest BCUT2D eigenvalue weighted by Gasteiger charge is 2.49. The number of Topliss-reactive ketones (excluding diaryl/α,β-unsaturated/α-hetero) is 2. The minimum Gasteiger partial charge on any atom is -0.390 e. The van der Waals surface area contributed by atoms with Gasteiger partial charge in [-0.2, -0.15) is 0 Å². The number of hydrogen-bond acceptors (Lipinski definition) is 23. The molecule has 10 N–H and O–H groups in total. The van der Waals surface area contributed by atoms with Crippen LogP contribution in [-0.2, 0) is 57.0 Å². The normalized spacial score (nSPS) is 47.7. The van der Waals surface area contributed by atoms with E-state index < -0.39 is 105 Å². The second-order valence-corrected chi connectivity index (χ2v) is 18.7. The number of ether oxygens (including phenoxy) is 10. The molecule has 0 aromatic carbocycles. The molecule has 0 aliphatic carbocycles. The molecule has 24 atom stereocenters. The molecule has 0 spiro atoms. The zero-order chi connectivity index (χ0) is 50.0. The lowest BCUT2D eigenvalue weighted by atomic mass is 9.97. The van der Waals surface area contributed by atoms with Gasteiger partial charge >= 0.3 is 0 Å². The van der Waals surface area contributed by atoms with Gasteiger partial charge in [-0.05, 0) is 69.0 Å². The topological polar surface area (TPSA) is 332 Å². The first-order valence-electron chi connectivity index (χ1n) is 23.4. The number of hydrogen-bond donors (Lipinski definition) is 10. The first-order chi connectivity index (χ1) is 31.3. The van der Waals surface area contributed by atoms with Gasteiger partial charge in [0.1, 0.15) is 36.6 Å². The smallest absolute Gasteiger partial charge is 0.185 e. The van der Waals surface area contributed by atoms with Crippen LogP contribution in [0.4, 0.5) is 0 Å². The van der Waals surface area contributed by atoms with Crippen LogP contribution in [0.25, 0.3) is 0 Å². The molecule has 8 aliphatic rings. The molecular formula is C44H79NO22. The van der Waals surface area contributed by atoms with Gasteiger partial charge in [-0.25, -0.2) is 0 Å². The largest absolute Gasteiger partial charge is 0.390 e. The quantitative estimate of drug-likeness (QED) is 0.147. The van der Waals surface area contributed by atoms with Crippen LogP contribution >= 0.6 is 0 Å². The van der Waals surface area contributed by atoms with Crippen molar-refractivity contribution in [3.8, 4) is 0 Å². The van der Waals surface area contributed by atoms with Gasteiger partial charge in [0.2, 0.25) is 0 Å². The van der Waals surface area contributed by atoms with Crippen LogP contribution in [0.5, 0.6) is 0 Å². The maximum absolute atomic E-state index is 11.6. The Labute approximate surface area is 392 Å². The number of ketones is 2. The van der Waals surface area contributed by atoms with Crippen molar-refractivity contribution in [3.05, 3.63) is 0 Å². The summed E-state index contributed by atoms with van der Waals surface area (Å²) in [5.41, 5.74) is 0. The van der Waals surface area contributed by atoms with Crippen LogP contribution in [0.1, 0.15) is 106 Å². The maximum atomic E-state index is 11.6. The van der Waals surface area contributed by atoms with Gasteiger partial charge in [0.15, 0.2) is 55.6 Å². The lowest BCUT2D eigenvalue weighted by molar-refractivity contribution is -0.359. The van der Waals surface area contributed by atoms with E-state index >= 15 is 0 Å². The first-order valence-corrected chi connectivity index (χ1v) is 23.4. The number of likely N-dealkylation sites (N-methyl/N-ethyl adjacent to an activating group) is 1. The molecular weight excluding hydrogens is 894 g/mol. The van der Waals surface area contributed by atoms with Crippen LogP contribution in [-0.4, -0.2) is 229 Å². The van der Waals surface area contributed by atoms with Crippen molar-refractivity contribution in [1.29, 1.82) is 0 Å². The third kappa shape index (κ3) is 17.4. The molecule has 8 fully saturated rings. The molecule has 8 aliphatic heterocycles. The number of fused-ring (bicyclic) bond motifs is 2. The van der Waals surface area contributed by atoms with Crippen molar-refractivity contribution in [2.24, 2.45) is 0 Å². The minimum absolute atomic E-state index is 0.0104. The number of carbonyl (C=O) groups excluding carboxylic acids is 2. The Bertz CT molecular complexity index is 1450. The molecule has 0 aromatic heterocycles. The van der Waals surface area contributed by atoms with E-state index in [1.54, 1.807) is 41.5 Å². The first kappa shape index (κ1) is 58.1. The van der Waals surface area contributed by atoms with Crippen LogP contribution in [0, 0.1) is 0 Å². The molecule has 8 saturated heterocycles. The molecule has 392 valence electrons. The third-order valence-corrected chi connectivity index (χ3v) is 12.8. The molecule has 0 radical (unpaired) electrons. The summed E-state index contributed by atoms with van der Waals surface area (Å²) in [7, 11) is 3.78. The molecule has 23 heteroatoms. The highest BCUT2D eigenvalue weighted by atomic mass is 16.7. The van der Waals surface area contributed by atoms with E-state index in [-0.39, 0.29) is 67.1 Å². The highest BCUT2D eigenvalue weighted by Crippen LogP contribution is 2.35. The van der Waals surface area contributed by atoms with Gasteiger partial charge in [-0.1, -0.05) is 0 Å². The Morgan fingerprint density at radius 3 is 1.58 bits per heavy atom. The fourth-order valence-electron chi connectivity index (χ4n) is 8.69. The van der Waals surface area contributed by atoms with E-state index in [0.717, 1.165) is 0 Å². The second-order valence-electron chi connectivity index (χ2n) is 18.7. The average Bonchev–Trinajstić information content (AvgIpc) is 3.23. The molecule has 8 rings (SSSR count). The second kappa shape index (κ2) is 26.8. The van der Waals surface area contributed by atoms with Gasteiger partial charge in [0.25, 0.3) is 0 Å². The van der Waals surface area contributed by atoms with Crippen molar-refractivity contribution < 1.29 is 108 Å². The summed E-state index contributed by atoms with van der Waals surface area (Å²) in [5, 5.41) is 92.6. The molecule has 8 heterocycles. The van der Waals surface area contributed by atoms with E-state index in [1.807, 2.05) is 25.9 Å². The standard InChI is InChI=1S/C12H18O6.C12H20O6.C8H17NO3.C6H12O4.C6H12O3/c1-5-7(13)3-9-12(16-5)18-11-6(2)15-10(14)4-8(11)17-9;1-6-8(13)3-4-11(17-6)18-12-7(2)16-10(15)5-9(12)14;1-5-8(11)6(9(2)3)4-7(10)12-5;1-3-6(9)4(7)2-5(8)10-3;1-4-5(7)2-3-6(8)9-4/h5-6,8-12,14H,3-4H2,1-2H3;6-7,9-12,14-15H,3-5H2,1-2H3;5-8,10-11H,4H2,1-3H3;3-9H,2H2,1H3;4-8H,2-3H2,1H3. The maximum Gasteiger partial charge on any atom is 0.185 e. The summed E-state index contributed by atoms with van der Waals surface area (Å²) in [6.45, 7) is 12.1. The minimum atomic E-state index is -0.956. The zero-order valence-electron chi connectivity index (χ0n) is 40.0. The molecule has 0 saturated carbocycles. The summed E-state index contributed by atoms with van der Waals surface area (Å²) < 4.78 is 53.6. The lowest BCUT2D eigenvalue weighted by Gasteiger charge is -2.48. The summed E-state index contributed by atoms with van der Waals surface area (Å²) >= 11 is 0. The van der Waals surface area contributed by atoms with Crippen LogP contribution in [0.15, 0.2) is 0 Å². The van der Waals surface area contributed by atoms with Gasteiger partial charge in [-0.15, -0.1) is 0 Å². The summed E-state index contributed by atoms with van der Waals surface area (Å²) in [4.78, 5) is 24.8. The van der Waals surface area contributed by atoms with Gasteiger partial charge in [0.05, 0.1) is 61.0 Å². The third-order valence-electron chi connectivity index (χ3n) is 12.8. The Morgan fingerprint density at radius 2 is 1.01 bits per heavy atom. The summed E-state index contributed by atoms with van der Waals surface area (Å²) in [5.74, 6) is 0.0951. The summed E-state index contributed by atoms with van der Waals surface area (Å²) in [6.07, 6.45) is -9.11. The SMILES string of the molecule is CC1OC(O)CC(N(C)C)C1O.CC1OC(O)CC(O)C1O.CC1OC(O)CCC1O.CC1OC(OC2C(O)CC(O)OC2C)CCC1=O.CC1OC2OC3C(C)OC(O)CC3OC2CC1=O. The van der Waals surface area contributed by atoms with Crippen LogP contribution < -0.4 is 0 Å². The zero-order valence-corrected chi connectivity index (χ0v) is 40.0. The Morgan fingerprint density at radius 1 is 0.478 bits per heavy atom. The Balaban J connectivity index is 0.000000188. The molecule has 67 heavy (non-hydrogen) atoms. The monoisotopic (exact) mass is 974 g/mol. The van der Waals surface area contributed by atoms with Crippen LogP contribution in [0.3, 0.4) is 0 Å². The van der Waals surface area contributed by atoms with Gasteiger partial charge in [0, 0.05) is 57.4 Å². The van der Waals surface area contributed by atoms with Crippen molar-refractivity contribution in [3.63, 3.8) is 0 Å². The van der Waals surface area contributed by atoms with E-state index in [9.17, 15) is 35.1 Å². The fourth-order valence-corrected chi connectivity index (χ4v) is 8.69. The highest BCUT2D eigenvalue weighted by molar-refractivity contribution is 5.84. The molecule has 0 amide bonds. The van der Waals surface area contributed by atoms with Crippen molar-refractivity contribution >= 4 is 11.6 Å². The molecule has 0 aromatic rings. The van der Waals surface area contributed by atoms with E-state index in [4.69, 9.17) is 72.9 Å². The Hall–Kier alpha value is -1.50. The van der Waals surface area contributed by atoms with E-state index in [1.165, 1.54) is 0 Å². The number of nitrogens with zero attached hydrogens (tertiary/aromatic N) is 1. The van der Waals surface area contributed by atoms with E-state index in [0.29, 0.717) is 44.9 Å². The number of rotatable bonds is 3.